The molecule has 3 aromatic rings. The van der Waals surface area contributed by atoms with Crippen molar-refractivity contribution in [3.05, 3.63) is 47.3 Å². The highest BCUT2D eigenvalue weighted by Gasteiger charge is 2.31. The summed E-state index contributed by atoms with van der Waals surface area (Å²) in [5.41, 5.74) is 3.42. The van der Waals surface area contributed by atoms with Gasteiger partial charge in [-0.2, -0.15) is 10.1 Å². The Bertz CT molecular complexity index is 1180. The van der Waals surface area contributed by atoms with Crippen LogP contribution >= 0.6 is 0 Å². The molecule has 2 N–H and O–H groups in total. The van der Waals surface area contributed by atoms with Crippen molar-refractivity contribution in [2.75, 3.05) is 17.3 Å². The Labute approximate surface area is 177 Å². The van der Waals surface area contributed by atoms with E-state index in [1.807, 2.05) is 38.8 Å². The second-order valence-corrected chi connectivity index (χ2v) is 11.1. The monoisotopic (exact) mass is 428 g/mol. The molecule has 0 aliphatic carbocycles. The number of hydrogen-bond donors (Lipinski definition) is 2. The van der Waals surface area contributed by atoms with Crippen molar-refractivity contribution in [2.45, 2.75) is 51.2 Å². The van der Waals surface area contributed by atoms with Gasteiger partial charge < -0.3 is 10.2 Å². The van der Waals surface area contributed by atoms with E-state index in [0.29, 0.717) is 17.5 Å². The predicted molar refractivity (Wildman–Crippen MR) is 120 cm³/mol. The predicted octanol–water partition coefficient (Wildman–Crippen LogP) is 4.21. The van der Waals surface area contributed by atoms with Gasteiger partial charge in [-0.3, -0.25) is 5.10 Å². The lowest BCUT2D eigenvalue weighted by Gasteiger charge is -2.20. The van der Waals surface area contributed by atoms with E-state index in [2.05, 4.69) is 25.5 Å². The smallest absolute Gasteiger partial charge is 0.229 e. The second kappa shape index (κ2) is 7.71. The van der Waals surface area contributed by atoms with Crippen molar-refractivity contribution in [3.63, 3.8) is 0 Å². The molecule has 2 heterocycles. The zero-order chi connectivity index (χ0) is 22.3. The standard InChI is InChI=1S/C21H28N6O2S/c1-13-10-16(12-17(11-13)30(28,29)21(4,5)6)23-20-22-9-8-18(24-20)27(7)19-14(2)15(3)25-26-19/h8-12H,1-7H3,(H,25,26)(H,22,23,24). The molecule has 0 aliphatic heterocycles. The molecule has 0 spiro atoms. The molecule has 9 heteroatoms. The van der Waals surface area contributed by atoms with Gasteiger partial charge in [-0.1, -0.05) is 0 Å². The van der Waals surface area contributed by atoms with Crippen molar-refractivity contribution >= 4 is 33.1 Å². The Morgan fingerprint density at radius 1 is 1.10 bits per heavy atom. The molecule has 0 radical (unpaired) electrons. The van der Waals surface area contributed by atoms with Gasteiger partial charge in [0.25, 0.3) is 0 Å². The highest BCUT2D eigenvalue weighted by Crippen LogP contribution is 2.29. The number of aromatic amines is 1. The largest absolute Gasteiger partial charge is 0.324 e. The van der Waals surface area contributed by atoms with E-state index in [9.17, 15) is 8.42 Å². The molecule has 0 aliphatic rings. The third-order valence-electron chi connectivity index (χ3n) is 4.97. The van der Waals surface area contributed by atoms with Crippen molar-refractivity contribution < 1.29 is 8.42 Å². The number of hydrogen-bond acceptors (Lipinski definition) is 7. The third kappa shape index (κ3) is 4.16. The van der Waals surface area contributed by atoms with Crippen molar-refractivity contribution in [2.24, 2.45) is 0 Å². The van der Waals surface area contributed by atoms with Crippen LogP contribution in [0.3, 0.4) is 0 Å². The van der Waals surface area contributed by atoms with E-state index in [0.717, 1.165) is 22.6 Å². The summed E-state index contributed by atoms with van der Waals surface area (Å²) < 4.78 is 24.8. The fraction of sp³-hybridized carbons (Fsp3) is 0.381. The Morgan fingerprint density at radius 3 is 2.40 bits per heavy atom. The van der Waals surface area contributed by atoms with Crippen LogP contribution in [0.2, 0.25) is 0 Å². The molecule has 1 aromatic carbocycles. The Kier molecular flexibility index (Phi) is 5.60. The van der Waals surface area contributed by atoms with E-state index < -0.39 is 14.6 Å². The number of nitrogens with zero attached hydrogens (tertiary/aromatic N) is 4. The lowest BCUT2D eigenvalue weighted by molar-refractivity contribution is 0.560. The normalized spacial score (nSPS) is 12.1. The average molecular weight is 429 g/mol. The second-order valence-electron chi connectivity index (χ2n) is 8.36. The molecule has 0 unspecified atom stereocenters. The zero-order valence-corrected chi connectivity index (χ0v) is 19.2. The number of aryl methyl sites for hydroxylation is 2. The quantitative estimate of drug-likeness (QED) is 0.627. The SMILES string of the molecule is Cc1cc(Nc2nccc(N(C)c3[nH]nc(C)c3C)n2)cc(S(=O)(=O)C(C)(C)C)c1. The zero-order valence-electron chi connectivity index (χ0n) is 18.4. The van der Waals surface area contributed by atoms with Crippen molar-refractivity contribution in [1.29, 1.82) is 0 Å². The van der Waals surface area contributed by atoms with Crippen LogP contribution in [0.4, 0.5) is 23.3 Å². The van der Waals surface area contributed by atoms with Gasteiger partial charge in [0.2, 0.25) is 5.95 Å². The summed E-state index contributed by atoms with van der Waals surface area (Å²) in [5, 5.41) is 10.4. The highest BCUT2D eigenvalue weighted by molar-refractivity contribution is 7.92. The summed E-state index contributed by atoms with van der Waals surface area (Å²) in [6, 6.07) is 6.96. The first-order valence-corrected chi connectivity index (χ1v) is 11.1. The number of aromatic nitrogens is 4. The molecule has 160 valence electrons. The fourth-order valence-corrected chi connectivity index (χ4v) is 4.30. The van der Waals surface area contributed by atoms with Crippen molar-refractivity contribution in [1.82, 2.24) is 20.2 Å². The van der Waals surface area contributed by atoms with Gasteiger partial charge in [-0.15, -0.1) is 0 Å². The summed E-state index contributed by atoms with van der Waals surface area (Å²) in [6.45, 7) is 10.9. The van der Waals surface area contributed by atoms with E-state index in [-0.39, 0.29) is 4.90 Å². The van der Waals surface area contributed by atoms with E-state index in [4.69, 9.17) is 0 Å². The van der Waals surface area contributed by atoms with Crippen LogP contribution in [-0.2, 0) is 9.84 Å². The van der Waals surface area contributed by atoms with Crippen LogP contribution in [0.5, 0.6) is 0 Å². The first kappa shape index (κ1) is 21.8. The van der Waals surface area contributed by atoms with E-state index in [1.165, 1.54) is 0 Å². The summed E-state index contributed by atoms with van der Waals surface area (Å²) in [4.78, 5) is 11.0. The first-order chi connectivity index (χ1) is 13.9. The Morgan fingerprint density at radius 2 is 1.80 bits per heavy atom. The topological polar surface area (TPSA) is 104 Å². The first-order valence-electron chi connectivity index (χ1n) is 9.62. The lowest BCUT2D eigenvalue weighted by atomic mass is 10.2. The van der Waals surface area contributed by atoms with Crippen LogP contribution < -0.4 is 10.2 Å². The van der Waals surface area contributed by atoms with Crippen LogP contribution in [-0.4, -0.2) is 40.4 Å². The number of benzene rings is 1. The van der Waals surface area contributed by atoms with Crippen LogP contribution in [0.1, 0.15) is 37.6 Å². The average Bonchev–Trinajstić information content (AvgIpc) is 2.99. The third-order valence-corrected chi connectivity index (χ3v) is 7.44. The van der Waals surface area contributed by atoms with Gasteiger partial charge in [0, 0.05) is 24.5 Å². The lowest BCUT2D eigenvalue weighted by Crippen LogP contribution is -2.28. The van der Waals surface area contributed by atoms with E-state index in [1.54, 1.807) is 45.2 Å². The van der Waals surface area contributed by atoms with Crippen LogP contribution in [0, 0.1) is 20.8 Å². The number of sulfone groups is 1. The number of anilines is 4. The maximum atomic E-state index is 12.9. The minimum atomic E-state index is -3.47. The van der Waals surface area contributed by atoms with Gasteiger partial charge in [-0.25, -0.2) is 13.4 Å². The minimum Gasteiger partial charge on any atom is -0.324 e. The number of nitrogens with one attached hydrogen (secondary N) is 2. The Hall–Kier alpha value is -2.94. The Balaban J connectivity index is 1.93. The highest BCUT2D eigenvalue weighted by atomic mass is 32.2. The molecule has 0 saturated carbocycles. The molecule has 0 fully saturated rings. The molecule has 0 bridgehead atoms. The maximum Gasteiger partial charge on any atom is 0.229 e. The molecule has 3 rings (SSSR count). The van der Waals surface area contributed by atoms with Gasteiger partial charge in [-0.05, 0) is 71.4 Å². The molecule has 8 nitrogen and oxygen atoms in total. The maximum absolute atomic E-state index is 12.9. The summed E-state index contributed by atoms with van der Waals surface area (Å²) >= 11 is 0. The summed E-state index contributed by atoms with van der Waals surface area (Å²) in [6.07, 6.45) is 1.66. The summed E-state index contributed by atoms with van der Waals surface area (Å²) in [7, 11) is -1.58. The molecule has 2 aromatic heterocycles. The molecule has 0 atom stereocenters. The summed E-state index contributed by atoms with van der Waals surface area (Å²) in [5.74, 6) is 1.90. The number of H-pyrrole nitrogens is 1. The molecule has 0 saturated heterocycles. The van der Waals surface area contributed by atoms with Gasteiger partial charge >= 0.3 is 0 Å². The molecule has 30 heavy (non-hydrogen) atoms. The molecular formula is C21H28N6O2S. The molecular weight excluding hydrogens is 400 g/mol. The van der Waals surface area contributed by atoms with Crippen LogP contribution in [0.15, 0.2) is 35.4 Å². The number of rotatable bonds is 5. The van der Waals surface area contributed by atoms with Gasteiger partial charge in [0.1, 0.15) is 11.6 Å². The van der Waals surface area contributed by atoms with E-state index >= 15 is 0 Å². The van der Waals surface area contributed by atoms with Gasteiger partial charge in [0.15, 0.2) is 9.84 Å². The minimum absolute atomic E-state index is 0.273. The molecule has 0 amide bonds. The van der Waals surface area contributed by atoms with Crippen molar-refractivity contribution in [3.8, 4) is 0 Å². The van der Waals surface area contributed by atoms with Crippen LogP contribution in [0.25, 0.3) is 0 Å². The van der Waals surface area contributed by atoms with Gasteiger partial charge in [0.05, 0.1) is 15.3 Å². The fourth-order valence-electron chi connectivity index (χ4n) is 2.97.